The Kier molecular flexibility index (Phi) is 3.93. The zero-order chi connectivity index (χ0) is 14.7. The highest BCUT2D eigenvalue weighted by molar-refractivity contribution is 5.94. The van der Waals surface area contributed by atoms with Crippen LogP contribution in [0.3, 0.4) is 0 Å². The molecule has 20 heavy (non-hydrogen) atoms. The first-order valence-electron chi connectivity index (χ1n) is 6.04. The summed E-state index contributed by atoms with van der Waals surface area (Å²) in [4.78, 5) is 11.3. The van der Waals surface area contributed by atoms with E-state index in [1.54, 1.807) is 26.0 Å². The second kappa shape index (κ2) is 5.64. The Hall–Kier alpha value is -2.50. The molecule has 0 amide bonds. The number of aromatic nitrogens is 2. The van der Waals surface area contributed by atoms with E-state index >= 15 is 0 Å². The highest BCUT2D eigenvalue weighted by atomic mass is 19.1. The molecule has 0 spiro atoms. The van der Waals surface area contributed by atoms with Crippen LogP contribution < -0.4 is 5.32 Å². The molecule has 6 heteroatoms. The maximum atomic E-state index is 12.8. The van der Waals surface area contributed by atoms with Crippen LogP contribution in [0, 0.1) is 19.7 Å². The van der Waals surface area contributed by atoms with Gasteiger partial charge in [0.15, 0.2) is 5.82 Å². The van der Waals surface area contributed by atoms with E-state index in [4.69, 9.17) is 0 Å². The third kappa shape index (κ3) is 2.90. The molecule has 0 bridgehead atoms. The van der Waals surface area contributed by atoms with Gasteiger partial charge in [0.05, 0.1) is 5.69 Å². The van der Waals surface area contributed by atoms with Crippen LogP contribution >= 0.6 is 0 Å². The SMILES string of the molecule is Cc1nnc(NCc2ccc(F)cc2)c(C(=O)O)c1C. The van der Waals surface area contributed by atoms with Gasteiger partial charge in [-0.05, 0) is 37.1 Å². The van der Waals surface area contributed by atoms with Gasteiger partial charge in [0.2, 0.25) is 0 Å². The minimum absolute atomic E-state index is 0.111. The fourth-order valence-corrected chi connectivity index (χ4v) is 1.78. The lowest BCUT2D eigenvalue weighted by Gasteiger charge is -2.11. The quantitative estimate of drug-likeness (QED) is 0.896. The number of aryl methyl sites for hydroxylation is 1. The summed E-state index contributed by atoms with van der Waals surface area (Å²) in [6.45, 7) is 3.74. The van der Waals surface area contributed by atoms with Crippen molar-refractivity contribution in [3.8, 4) is 0 Å². The lowest BCUT2D eigenvalue weighted by molar-refractivity contribution is 0.0696. The fourth-order valence-electron chi connectivity index (χ4n) is 1.78. The first-order valence-corrected chi connectivity index (χ1v) is 6.04. The smallest absolute Gasteiger partial charge is 0.339 e. The summed E-state index contributed by atoms with van der Waals surface area (Å²) in [5.74, 6) is -1.15. The fraction of sp³-hybridized carbons (Fsp3) is 0.214. The number of halogens is 1. The largest absolute Gasteiger partial charge is 0.478 e. The maximum Gasteiger partial charge on any atom is 0.339 e. The van der Waals surface area contributed by atoms with Crippen LogP contribution in [-0.4, -0.2) is 21.3 Å². The number of carboxylic acid groups (broad SMARTS) is 1. The lowest BCUT2D eigenvalue weighted by atomic mass is 10.1. The van der Waals surface area contributed by atoms with E-state index in [1.807, 2.05) is 0 Å². The van der Waals surface area contributed by atoms with E-state index in [2.05, 4.69) is 15.5 Å². The monoisotopic (exact) mass is 275 g/mol. The van der Waals surface area contributed by atoms with Crippen LogP contribution in [-0.2, 0) is 6.54 Å². The number of nitrogens with zero attached hydrogens (tertiary/aromatic N) is 2. The Morgan fingerprint density at radius 2 is 1.90 bits per heavy atom. The second-order valence-corrected chi connectivity index (χ2v) is 4.42. The van der Waals surface area contributed by atoms with Gasteiger partial charge >= 0.3 is 5.97 Å². The van der Waals surface area contributed by atoms with Crippen molar-refractivity contribution >= 4 is 11.8 Å². The number of nitrogens with one attached hydrogen (secondary N) is 1. The van der Waals surface area contributed by atoms with Gasteiger partial charge in [-0.1, -0.05) is 12.1 Å². The number of anilines is 1. The molecule has 0 aliphatic heterocycles. The van der Waals surface area contributed by atoms with E-state index in [9.17, 15) is 14.3 Å². The molecule has 0 atom stereocenters. The molecule has 1 heterocycles. The van der Waals surface area contributed by atoms with Gasteiger partial charge in [0.1, 0.15) is 11.4 Å². The number of carboxylic acids is 1. The number of hydrogen-bond donors (Lipinski definition) is 2. The topological polar surface area (TPSA) is 75.1 Å². The van der Waals surface area contributed by atoms with Crippen LogP contribution in [0.4, 0.5) is 10.2 Å². The normalized spacial score (nSPS) is 10.3. The number of aromatic carboxylic acids is 1. The Balaban J connectivity index is 2.23. The minimum atomic E-state index is -1.05. The van der Waals surface area contributed by atoms with Crippen molar-refractivity contribution < 1.29 is 14.3 Å². The Morgan fingerprint density at radius 3 is 2.50 bits per heavy atom. The summed E-state index contributed by atoms with van der Waals surface area (Å²) < 4.78 is 12.8. The Bertz CT molecular complexity index is 642. The van der Waals surface area contributed by atoms with Gasteiger partial charge in [-0.15, -0.1) is 5.10 Å². The predicted molar refractivity (Wildman–Crippen MR) is 72.2 cm³/mol. The third-order valence-corrected chi connectivity index (χ3v) is 3.04. The van der Waals surface area contributed by atoms with Crippen molar-refractivity contribution in [1.29, 1.82) is 0 Å². The molecule has 0 aliphatic carbocycles. The third-order valence-electron chi connectivity index (χ3n) is 3.04. The summed E-state index contributed by atoms with van der Waals surface area (Å²) >= 11 is 0. The number of rotatable bonds is 4. The van der Waals surface area contributed by atoms with E-state index in [0.29, 0.717) is 17.8 Å². The average Bonchev–Trinajstić information content (AvgIpc) is 2.41. The minimum Gasteiger partial charge on any atom is -0.478 e. The molecule has 0 radical (unpaired) electrons. The van der Waals surface area contributed by atoms with Crippen LogP contribution in [0.2, 0.25) is 0 Å². The molecule has 2 rings (SSSR count). The van der Waals surface area contributed by atoms with Crippen molar-refractivity contribution in [2.75, 3.05) is 5.32 Å². The van der Waals surface area contributed by atoms with Gasteiger partial charge in [0.25, 0.3) is 0 Å². The number of hydrogen-bond acceptors (Lipinski definition) is 4. The summed E-state index contributed by atoms with van der Waals surface area (Å²) in [5, 5.41) is 20.0. The molecule has 0 aliphatic rings. The number of carbonyl (C=O) groups is 1. The van der Waals surface area contributed by atoms with E-state index in [0.717, 1.165) is 5.56 Å². The van der Waals surface area contributed by atoms with Crippen molar-refractivity contribution in [3.05, 3.63) is 52.5 Å². The Morgan fingerprint density at radius 1 is 1.25 bits per heavy atom. The highest BCUT2D eigenvalue weighted by Crippen LogP contribution is 2.19. The molecule has 1 aromatic carbocycles. The van der Waals surface area contributed by atoms with E-state index in [-0.39, 0.29) is 17.2 Å². The Labute approximate surface area is 115 Å². The molecule has 1 aromatic heterocycles. The summed E-state index contributed by atoms with van der Waals surface area (Å²) in [6, 6.07) is 5.94. The summed E-state index contributed by atoms with van der Waals surface area (Å²) in [7, 11) is 0. The molecular formula is C14H14FN3O2. The van der Waals surface area contributed by atoms with Crippen molar-refractivity contribution in [3.63, 3.8) is 0 Å². The lowest BCUT2D eigenvalue weighted by Crippen LogP contribution is -2.12. The van der Waals surface area contributed by atoms with Gasteiger partial charge in [-0.2, -0.15) is 5.10 Å². The van der Waals surface area contributed by atoms with E-state index in [1.165, 1.54) is 12.1 Å². The standard InChI is InChI=1S/C14H14FN3O2/c1-8-9(2)17-18-13(12(8)14(19)20)16-7-10-3-5-11(15)6-4-10/h3-6H,7H2,1-2H3,(H,16,18)(H,19,20). The molecule has 0 saturated carbocycles. The van der Waals surface area contributed by atoms with Gasteiger partial charge in [-0.3, -0.25) is 0 Å². The van der Waals surface area contributed by atoms with Crippen molar-refractivity contribution in [1.82, 2.24) is 10.2 Å². The van der Waals surface area contributed by atoms with Gasteiger partial charge in [0, 0.05) is 6.54 Å². The zero-order valence-electron chi connectivity index (χ0n) is 11.1. The van der Waals surface area contributed by atoms with Crippen LogP contribution in [0.5, 0.6) is 0 Å². The maximum absolute atomic E-state index is 12.8. The van der Waals surface area contributed by atoms with Gasteiger partial charge in [-0.25, -0.2) is 9.18 Å². The zero-order valence-corrected chi connectivity index (χ0v) is 11.1. The second-order valence-electron chi connectivity index (χ2n) is 4.42. The summed E-state index contributed by atoms with van der Waals surface area (Å²) in [6.07, 6.45) is 0. The molecular weight excluding hydrogens is 261 g/mol. The predicted octanol–water partition coefficient (Wildman–Crippen LogP) is 2.54. The molecule has 2 N–H and O–H groups in total. The average molecular weight is 275 g/mol. The summed E-state index contributed by atoms with van der Waals surface area (Å²) in [5.41, 5.74) is 2.09. The molecule has 2 aromatic rings. The van der Waals surface area contributed by atoms with Gasteiger partial charge < -0.3 is 10.4 Å². The first kappa shape index (κ1) is 13.9. The van der Waals surface area contributed by atoms with Crippen LogP contribution in [0.15, 0.2) is 24.3 Å². The van der Waals surface area contributed by atoms with Crippen LogP contribution in [0.1, 0.15) is 27.2 Å². The molecule has 5 nitrogen and oxygen atoms in total. The van der Waals surface area contributed by atoms with Crippen molar-refractivity contribution in [2.45, 2.75) is 20.4 Å². The molecule has 104 valence electrons. The van der Waals surface area contributed by atoms with Crippen molar-refractivity contribution in [2.24, 2.45) is 0 Å². The molecule has 0 unspecified atom stereocenters. The number of benzene rings is 1. The molecule has 0 saturated heterocycles. The molecule has 0 fully saturated rings. The van der Waals surface area contributed by atoms with E-state index < -0.39 is 5.97 Å². The first-order chi connectivity index (χ1) is 9.49. The van der Waals surface area contributed by atoms with Crippen LogP contribution in [0.25, 0.3) is 0 Å². The highest BCUT2D eigenvalue weighted by Gasteiger charge is 2.17.